The molecule has 1 saturated heterocycles. The van der Waals surface area contributed by atoms with Gasteiger partial charge in [0.1, 0.15) is 5.69 Å². The third kappa shape index (κ3) is 2.88. The molecule has 1 aliphatic rings. The number of likely N-dealkylation sites (N-methyl/N-ethyl adjacent to an activating group) is 1. The van der Waals surface area contributed by atoms with E-state index in [1.807, 2.05) is 0 Å². The van der Waals surface area contributed by atoms with E-state index < -0.39 is 5.97 Å². The summed E-state index contributed by atoms with van der Waals surface area (Å²) in [7, 11) is 4.18. The van der Waals surface area contributed by atoms with Crippen LogP contribution in [0.25, 0.3) is 0 Å². The largest absolute Gasteiger partial charge is 0.477 e. The van der Waals surface area contributed by atoms with Crippen molar-refractivity contribution in [3.05, 3.63) is 17.5 Å². The van der Waals surface area contributed by atoms with Gasteiger partial charge in [0.2, 0.25) is 0 Å². The molecule has 100 valence electrons. The first-order valence-electron chi connectivity index (χ1n) is 6.22. The van der Waals surface area contributed by atoms with Crippen LogP contribution >= 0.6 is 0 Å². The van der Waals surface area contributed by atoms with Crippen LogP contribution in [-0.4, -0.2) is 64.3 Å². The molecule has 0 spiro atoms. The van der Waals surface area contributed by atoms with Gasteiger partial charge < -0.3 is 10.0 Å². The van der Waals surface area contributed by atoms with Gasteiger partial charge in [-0.2, -0.15) is 5.10 Å². The number of carboxylic acid groups (broad SMARTS) is 1. The van der Waals surface area contributed by atoms with Crippen LogP contribution in [0.15, 0.2) is 6.20 Å². The Bertz CT molecular complexity index is 416. The standard InChI is InChI=1S/C12H20N4O2/c1-15(2)10-4-3-5-16(8-10)7-9-6-13-14-11(9)12(17)18/h6,10H,3-5,7-8H2,1-2H3,(H,13,14)(H,17,18)/t10-/m1/s1. The number of H-pyrrole nitrogens is 1. The average Bonchev–Trinajstić information content (AvgIpc) is 2.77. The zero-order valence-electron chi connectivity index (χ0n) is 10.9. The van der Waals surface area contributed by atoms with Gasteiger partial charge >= 0.3 is 5.97 Å². The Hall–Kier alpha value is -1.40. The van der Waals surface area contributed by atoms with Crippen molar-refractivity contribution >= 4 is 5.97 Å². The second kappa shape index (κ2) is 5.49. The minimum Gasteiger partial charge on any atom is -0.477 e. The van der Waals surface area contributed by atoms with E-state index in [1.54, 1.807) is 6.20 Å². The number of hydrogen-bond donors (Lipinski definition) is 2. The van der Waals surface area contributed by atoms with Crippen molar-refractivity contribution in [3.63, 3.8) is 0 Å². The number of piperidine rings is 1. The lowest BCUT2D eigenvalue weighted by Gasteiger charge is -2.36. The van der Waals surface area contributed by atoms with Crippen LogP contribution in [0, 0.1) is 0 Å². The van der Waals surface area contributed by atoms with Crippen molar-refractivity contribution in [2.75, 3.05) is 27.2 Å². The molecule has 0 bridgehead atoms. The molecule has 2 heterocycles. The van der Waals surface area contributed by atoms with Gasteiger partial charge in [-0.3, -0.25) is 10.00 Å². The Balaban J connectivity index is 2.00. The number of carbonyl (C=O) groups is 1. The molecule has 0 radical (unpaired) electrons. The third-order valence-electron chi connectivity index (χ3n) is 3.54. The first-order chi connectivity index (χ1) is 8.58. The summed E-state index contributed by atoms with van der Waals surface area (Å²) < 4.78 is 0. The molecule has 0 aliphatic carbocycles. The summed E-state index contributed by atoms with van der Waals surface area (Å²) in [6, 6.07) is 0.555. The molecule has 1 aromatic rings. The fraction of sp³-hybridized carbons (Fsp3) is 0.667. The molecule has 1 atom stereocenters. The SMILES string of the molecule is CN(C)[C@@H]1CCCN(Cc2cn[nH]c2C(=O)O)C1. The highest BCUT2D eigenvalue weighted by molar-refractivity contribution is 5.86. The minimum absolute atomic E-state index is 0.210. The van der Waals surface area contributed by atoms with Gasteiger partial charge in [0.15, 0.2) is 0 Å². The van der Waals surface area contributed by atoms with Crippen molar-refractivity contribution in [1.29, 1.82) is 0 Å². The predicted octanol–water partition coefficient (Wildman–Crippen LogP) is 0.634. The van der Waals surface area contributed by atoms with E-state index >= 15 is 0 Å². The number of hydrogen-bond acceptors (Lipinski definition) is 4. The summed E-state index contributed by atoms with van der Waals surface area (Å²) in [5, 5.41) is 15.4. The number of aromatic amines is 1. The van der Waals surface area contributed by atoms with Crippen LogP contribution in [0.4, 0.5) is 0 Å². The van der Waals surface area contributed by atoms with Gasteiger partial charge in [-0.15, -0.1) is 0 Å². The summed E-state index contributed by atoms with van der Waals surface area (Å²) in [6.45, 7) is 2.66. The monoisotopic (exact) mass is 252 g/mol. The van der Waals surface area contributed by atoms with Gasteiger partial charge in [0.25, 0.3) is 0 Å². The number of carboxylic acids is 1. The first kappa shape index (κ1) is 13.0. The second-order valence-corrected chi connectivity index (χ2v) is 5.07. The van der Waals surface area contributed by atoms with Crippen LogP contribution in [0.3, 0.4) is 0 Å². The Morgan fingerprint density at radius 1 is 1.67 bits per heavy atom. The van der Waals surface area contributed by atoms with Gasteiger partial charge in [-0.05, 0) is 33.5 Å². The molecule has 2 N–H and O–H groups in total. The number of aromatic nitrogens is 2. The zero-order chi connectivity index (χ0) is 13.1. The van der Waals surface area contributed by atoms with E-state index in [0.29, 0.717) is 12.6 Å². The predicted molar refractivity (Wildman–Crippen MR) is 67.5 cm³/mol. The van der Waals surface area contributed by atoms with Crippen molar-refractivity contribution in [2.45, 2.75) is 25.4 Å². The summed E-state index contributed by atoms with van der Waals surface area (Å²) in [6.07, 6.45) is 3.98. The lowest BCUT2D eigenvalue weighted by Crippen LogP contribution is -2.44. The Labute approximate surface area is 107 Å². The van der Waals surface area contributed by atoms with Gasteiger partial charge in [0, 0.05) is 24.7 Å². The van der Waals surface area contributed by atoms with Gasteiger partial charge in [0.05, 0.1) is 6.20 Å². The highest BCUT2D eigenvalue weighted by Gasteiger charge is 2.23. The van der Waals surface area contributed by atoms with Gasteiger partial charge in [-0.25, -0.2) is 4.79 Å². The molecule has 0 saturated carbocycles. The third-order valence-corrected chi connectivity index (χ3v) is 3.54. The number of aromatic carboxylic acids is 1. The maximum absolute atomic E-state index is 11.0. The molecule has 18 heavy (non-hydrogen) atoms. The van der Waals surface area contributed by atoms with Crippen LogP contribution in [0.2, 0.25) is 0 Å². The van der Waals surface area contributed by atoms with Crippen LogP contribution in [-0.2, 0) is 6.54 Å². The highest BCUT2D eigenvalue weighted by atomic mass is 16.4. The molecule has 1 aliphatic heterocycles. The van der Waals surface area contributed by atoms with E-state index in [4.69, 9.17) is 5.11 Å². The number of rotatable bonds is 4. The topological polar surface area (TPSA) is 72.5 Å². The zero-order valence-corrected chi connectivity index (χ0v) is 10.9. The van der Waals surface area contributed by atoms with E-state index in [1.165, 1.54) is 6.42 Å². The molecule has 6 heteroatoms. The number of nitrogens with one attached hydrogen (secondary N) is 1. The highest BCUT2D eigenvalue weighted by Crippen LogP contribution is 2.17. The molecular formula is C12H20N4O2. The molecule has 0 unspecified atom stereocenters. The van der Waals surface area contributed by atoms with E-state index in [0.717, 1.165) is 25.1 Å². The maximum atomic E-state index is 11.0. The van der Waals surface area contributed by atoms with Crippen molar-refractivity contribution in [1.82, 2.24) is 20.0 Å². The Morgan fingerprint density at radius 3 is 3.11 bits per heavy atom. The van der Waals surface area contributed by atoms with Crippen molar-refractivity contribution in [2.24, 2.45) is 0 Å². The quantitative estimate of drug-likeness (QED) is 0.822. The Morgan fingerprint density at radius 2 is 2.44 bits per heavy atom. The van der Waals surface area contributed by atoms with Crippen molar-refractivity contribution < 1.29 is 9.90 Å². The molecular weight excluding hydrogens is 232 g/mol. The Kier molecular flexibility index (Phi) is 3.98. The van der Waals surface area contributed by atoms with Crippen LogP contribution in [0.1, 0.15) is 28.9 Å². The normalized spacial score (nSPS) is 21.4. The molecule has 1 aromatic heterocycles. The fourth-order valence-electron chi connectivity index (χ4n) is 2.45. The number of likely N-dealkylation sites (tertiary alicyclic amines) is 1. The summed E-state index contributed by atoms with van der Waals surface area (Å²) in [5.74, 6) is -0.941. The molecule has 1 fully saturated rings. The average molecular weight is 252 g/mol. The van der Waals surface area contributed by atoms with E-state index in [-0.39, 0.29) is 5.69 Å². The smallest absolute Gasteiger partial charge is 0.354 e. The van der Waals surface area contributed by atoms with Crippen molar-refractivity contribution in [3.8, 4) is 0 Å². The van der Waals surface area contributed by atoms with E-state index in [9.17, 15) is 4.79 Å². The molecule has 0 amide bonds. The fourth-order valence-corrected chi connectivity index (χ4v) is 2.45. The lowest BCUT2D eigenvalue weighted by molar-refractivity contribution is 0.0686. The second-order valence-electron chi connectivity index (χ2n) is 5.07. The summed E-state index contributed by atoms with van der Waals surface area (Å²) in [4.78, 5) is 15.5. The molecule has 0 aromatic carbocycles. The number of nitrogens with zero attached hydrogens (tertiary/aromatic N) is 3. The summed E-state index contributed by atoms with van der Waals surface area (Å²) >= 11 is 0. The summed E-state index contributed by atoms with van der Waals surface area (Å²) in [5.41, 5.74) is 0.976. The lowest BCUT2D eigenvalue weighted by atomic mass is 10.0. The van der Waals surface area contributed by atoms with Gasteiger partial charge in [-0.1, -0.05) is 0 Å². The van der Waals surface area contributed by atoms with Crippen LogP contribution < -0.4 is 0 Å². The molecule has 2 rings (SSSR count). The minimum atomic E-state index is -0.941. The van der Waals surface area contributed by atoms with E-state index in [2.05, 4.69) is 34.1 Å². The molecule has 6 nitrogen and oxygen atoms in total. The van der Waals surface area contributed by atoms with Crippen LogP contribution in [0.5, 0.6) is 0 Å². The maximum Gasteiger partial charge on any atom is 0.354 e. The first-order valence-corrected chi connectivity index (χ1v) is 6.22.